The molecule has 0 aliphatic heterocycles. The van der Waals surface area contributed by atoms with Gasteiger partial charge in [0.25, 0.3) is 0 Å². The number of aromatic nitrogens is 3. The number of benzene rings is 8. The van der Waals surface area contributed by atoms with Crippen LogP contribution in [0.3, 0.4) is 0 Å². The molecule has 0 atom stereocenters. The largest absolute Gasteiger partial charge is 0.310 e. The number of hydrogen-bond acceptors (Lipinski definition) is 1. The molecule has 0 spiro atoms. The monoisotopic (exact) mass is 699 g/mol. The van der Waals surface area contributed by atoms with Gasteiger partial charge in [-0.3, -0.25) is 0 Å². The van der Waals surface area contributed by atoms with E-state index in [4.69, 9.17) is 6.57 Å². The topological polar surface area (TPSA) is 42.9 Å². The molecule has 0 unspecified atom stereocenters. The number of para-hydroxylation sites is 4. The van der Waals surface area contributed by atoms with Gasteiger partial charge in [0.05, 0.1) is 51.5 Å². The zero-order valence-corrected chi connectivity index (χ0v) is 29.5. The Balaban J connectivity index is 1.08. The Bertz CT molecular complexity index is 3400. The van der Waals surface area contributed by atoms with E-state index in [0.29, 0.717) is 11.3 Å². The van der Waals surface area contributed by atoms with E-state index < -0.39 is 0 Å². The molecular formula is C50H29N5. The van der Waals surface area contributed by atoms with E-state index in [-0.39, 0.29) is 0 Å². The highest BCUT2D eigenvalue weighted by molar-refractivity contribution is 6.16. The molecule has 0 fully saturated rings. The van der Waals surface area contributed by atoms with E-state index in [9.17, 15) is 5.26 Å². The fourth-order valence-electron chi connectivity index (χ4n) is 8.75. The van der Waals surface area contributed by atoms with Gasteiger partial charge in [0.15, 0.2) is 5.69 Å². The molecule has 55 heavy (non-hydrogen) atoms. The zero-order valence-electron chi connectivity index (χ0n) is 29.5. The summed E-state index contributed by atoms with van der Waals surface area (Å²) in [6.45, 7) is 7.66. The van der Waals surface area contributed by atoms with Crippen molar-refractivity contribution in [3.63, 3.8) is 0 Å². The first-order chi connectivity index (χ1) is 27.2. The van der Waals surface area contributed by atoms with Crippen molar-refractivity contribution in [2.24, 2.45) is 0 Å². The summed E-state index contributed by atoms with van der Waals surface area (Å²) in [4.78, 5) is 3.72. The third kappa shape index (κ3) is 4.45. The van der Waals surface area contributed by atoms with E-state index in [1.807, 2.05) is 42.5 Å². The van der Waals surface area contributed by atoms with Crippen molar-refractivity contribution in [2.45, 2.75) is 0 Å². The molecule has 0 aliphatic carbocycles. The van der Waals surface area contributed by atoms with Crippen LogP contribution in [0.1, 0.15) is 5.56 Å². The molecule has 11 aromatic rings. The molecule has 254 valence electrons. The van der Waals surface area contributed by atoms with Crippen molar-refractivity contribution in [1.82, 2.24) is 13.7 Å². The number of nitrogens with zero attached hydrogens (tertiary/aromatic N) is 5. The lowest BCUT2D eigenvalue weighted by atomic mass is 9.99. The van der Waals surface area contributed by atoms with E-state index >= 15 is 0 Å². The van der Waals surface area contributed by atoms with Crippen molar-refractivity contribution in [2.75, 3.05) is 0 Å². The molecule has 5 heteroatoms. The van der Waals surface area contributed by atoms with Gasteiger partial charge in [0, 0.05) is 54.8 Å². The van der Waals surface area contributed by atoms with E-state index in [1.165, 1.54) is 32.6 Å². The summed E-state index contributed by atoms with van der Waals surface area (Å²) >= 11 is 0. The Morgan fingerprint density at radius 2 is 0.964 bits per heavy atom. The summed E-state index contributed by atoms with van der Waals surface area (Å²) in [5.74, 6) is 0. The van der Waals surface area contributed by atoms with Crippen LogP contribution in [0, 0.1) is 17.9 Å². The standard InChI is InChI=1S/C50H29N5/c1-52-34-24-28-40-39-13-2-6-15-43(39)54(49(40)29-34)36-27-23-33(31-51)42(30-36)32-21-25-35(26-22-32)53-46-18-9-5-14-41(46)50-47(53)19-10-20-48(50)55-44-16-7-3-11-37(44)38-12-4-8-17-45(38)55/h2-30H. The first-order valence-corrected chi connectivity index (χ1v) is 18.3. The van der Waals surface area contributed by atoms with Gasteiger partial charge in [0.1, 0.15) is 0 Å². The molecule has 0 saturated heterocycles. The highest BCUT2D eigenvalue weighted by Gasteiger charge is 2.20. The van der Waals surface area contributed by atoms with Crippen molar-refractivity contribution in [1.29, 1.82) is 5.26 Å². The van der Waals surface area contributed by atoms with Crippen LogP contribution in [-0.4, -0.2) is 13.7 Å². The number of rotatable bonds is 4. The molecule has 3 aromatic heterocycles. The second-order valence-corrected chi connectivity index (χ2v) is 13.9. The Morgan fingerprint density at radius 1 is 0.436 bits per heavy atom. The van der Waals surface area contributed by atoms with Crippen molar-refractivity contribution < 1.29 is 0 Å². The number of fused-ring (bicyclic) bond motifs is 9. The van der Waals surface area contributed by atoms with Crippen LogP contribution in [0.25, 0.3) is 98.5 Å². The maximum atomic E-state index is 10.3. The normalized spacial score (nSPS) is 11.6. The summed E-state index contributed by atoms with van der Waals surface area (Å²) in [5, 5.41) is 17.4. The first kappa shape index (κ1) is 30.7. The quantitative estimate of drug-likeness (QED) is 0.169. The molecule has 3 heterocycles. The Morgan fingerprint density at radius 3 is 1.60 bits per heavy atom. The predicted molar refractivity (Wildman–Crippen MR) is 226 cm³/mol. The van der Waals surface area contributed by atoms with Crippen LogP contribution in [-0.2, 0) is 0 Å². The summed E-state index contributed by atoms with van der Waals surface area (Å²) in [5.41, 5.74) is 12.8. The molecule has 0 saturated carbocycles. The van der Waals surface area contributed by atoms with Gasteiger partial charge in [-0.25, -0.2) is 4.85 Å². The fourth-order valence-corrected chi connectivity index (χ4v) is 8.75. The lowest BCUT2D eigenvalue weighted by Crippen LogP contribution is -1.97. The average molecular weight is 700 g/mol. The molecular weight excluding hydrogens is 671 g/mol. The third-order valence-electron chi connectivity index (χ3n) is 11.1. The van der Waals surface area contributed by atoms with Crippen LogP contribution in [0.2, 0.25) is 0 Å². The molecule has 0 aliphatic rings. The van der Waals surface area contributed by atoms with E-state index in [0.717, 1.165) is 61.0 Å². The third-order valence-corrected chi connectivity index (χ3v) is 11.1. The first-order valence-electron chi connectivity index (χ1n) is 18.3. The van der Waals surface area contributed by atoms with E-state index in [1.54, 1.807) is 0 Å². The van der Waals surface area contributed by atoms with E-state index in [2.05, 4.69) is 158 Å². The summed E-state index contributed by atoms with van der Waals surface area (Å²) in [6.07, 6.45) is 0. The van der Waals surface area contributed by atoms with Crippen molar-refractivity contribution in [3.05, 3.63) is 193 Å². The van der Waals surface area contributed by atoms with Gasteiger partial charge in [-0.2, -0.15) is 5.26 Å². The minimum absolute atomic E-state index is 0.591. The lowest BCUT2D eigenvalue weighted by Gasteiger charge is -2.13. The Hall–Kier alpha value is -7.86. The number of hydrogen-bond donors (Lipinski definition) is 0. The van der Waals surface area contributed by atoms with Crippen LogP contribution < -0.4 is 0 Å². The molecule has 8 aromatic carbocycles. The smallest absolute Gasteiger partial charge is 0.189 e. The predicted octanol–water partition coefficient (Wildman–Crippen LogP) is 13.1. The minimum Gasteiger partial charge on any atom is -0.310 e. The average Bonchev–Trinajstić information content (AvgIpc) is 3.89. The van der Waals surface area contributed by atoms with Gasteiger partial charge in [-0.15, -0.1) is 0 Å². The second kappa shape index (κ2) is 11.8. The lowest BCUT2D eigenvalue weighted by molar-refractivity contribution is 1.17. The van der Waals surface area contributed by atoms with Crippen LogP contribution in [0.4, 0.5) is 5.69 Å². The van der Waals surface area contributed by atoms with Crippen LogP contribution in [0.5, 0.6) is 0 Å². The molecule has 0 amide bonds. The SMILES string of the molecule is [C-]#[N+]c1ccc2c3ccccc3n(-c3ccc(C#N)c(-c4ccc(-n5c6ccccc6c6c(-n7c8ccccc8c8ccccc87)cccc65)cc4)c3)c2c1. The van der Waals surface area contributed by atoms with Gasteiger partial charge < -0.3 is 13.7 Å². The molecule has 5 nitrogen and oxygen atoms in total. The second-order valence-electron chi connectivity index (χ2n) is 13.9. The van der Waals surface area contributed by atoms with Crippen LogP contribution >= 0.6 is 0 Å². The molecule has 0 bridgehead atoms. The summed E-state index contributed by atoms with van der Waals surface area (Å²) in [7, 11) is 0. The summed E-state index contributed by atoms with van der Waals surface area (Å²) < 4.78 is 6.95. The van der Waals surface area contributed by atoms with Gasteiger partial charge >= 0.3 is 0 Å². The highest BCUT2D eigenvalue weighted by Crippen LogP contribution is 2.41. The zero-order chi connectivity index (χ0) is 36.6. The minimum atomic E-state index is 0.591. The molecule has 11 rings (SSSR count). The maximum absolute atomic E-state index is 10.3. The van der Waals surface area contributed by atoms with Gasteiger partial charge in [-0.05, 0) is 78.4 Å². The van der Waals surface area contributed by atoms with Crippen molar-refractivity contribution >= 4 is 71.1 Å². The molecule has 0 radical (unpaired) electrons. The number of nitriles is 1. The summed E-state index contributed by atoms with van der Waals surface area (Å²) in [6, 6.07) is 63.7. The van der Waals surface area contributed by atoms with Crippen molar-refractivity contribution in [3.8, 4) is 34.3 Å². The van der Waals surface area contributed by atoms with Gasteiger partial charge in [0.2, 0.25) is 0 Å². The highest BCUT2D eigenvalue weighted by atomic mass is 15.0. The van der Waals surface area contributed by atoms with Crippen LogP contribution in [0.15, 0.2) is 176 Å². The molecule has 0 N–H and O–H groups in total. The van der Waals surface area contributed by atoms with Gasteiger partial charge in [-0.1, -0.05) is 103 Å². The fraction of sp³-hybridized carbons (Fsp3) is 0. The Labute approximate surface area is 316 Å². The Kier molecular flexibility index (Phi) is 6.61. The maximum Gasteiger partial charge on any atom is 0.189 e.